The van der Waals surface area contributed by atoms with Crippen molar-refractivity contribution in [1.82, 2.24) is 0 Å². The first-order valence-corrected chi connectivity index (χ1v) is 7.27. The molecule has 0 aliphatic carbocycles. The lowest BCUT2D eigenvalue weighted by Crippen LogP contribution is -2.09. The predicted octanol–water partition coefficient (Wildman–Crippen LogP) is 2.38. The Labute approximate surface area is 94.5 Å². The molecule has 3 heteroatoms. The average molecular weight is 224 g/mol. The molecule has 0 saturated heterocycles. The minimum absolute atomic E-state index is 0.280. The number of benzene rings is 1. The van der Waals surface area contributed by atoms with Crippen LogP contribution >= 0.6 is 0 Å². The molecular formula is C12H20O2Si. The van der Waals surface area contributed by atoms with E-state index in [1.54, 1.807) is 0 Å². The fourth-order valence-electron chi connectivity index (χ4n) is 1.29. The van der Waals surface area contributed by atoms with Crippen LogP contribution in [0.4, 0.5) is 0 Å². The highest BCUT2D eigenvalue weighted by molar-refractivity contribution is 6.26. The van der Waals surface area contributed by atoms with Crippen molar-refractivity contribution in [3.63, 3.8) is 0 Å². The third kappa shape index (κ3) is 6.31. The normalized spacial score (nSPS) is 11.0. The highest BCUT2D eigenvalue weighted by atomic mass is 28.2. The molecule has 0 atom stereocenters. The van der Waals surface area contributed by atoms with E-state index in [-0.39, 0.29) is 9.76 Å². The van der Waals surface area contributed by atoms with Gasteiger partial charge in [0.05, 0.1) is 6.61 Å². The molecule has 15 heavy (non-hydrogen) atoms. The van der Waals surface area contributed by atoms with Crippen LogP contribution in [0.15, 0.2) is 30.3 Å². The smallest absolute Gasteiger partial charge is 0.161 e. The molecule has 0 aliphatic heterocycles. The van der Waals surface area contributed by atoms with Gasteiger partial charge in [-0.15, -0.1) is 0 Å². The molecule has 0 spiro atoms. The van der Waals surface area contributed by atoms with E-state index < -0.39 is 0 Å². The third-order valence-electron chi connectivity index (χ3n) is 2.13. The summed E-state index contributed by atoms with van der Waals surface area (Å²) in [6, 6.07) is 11.2. The lowest BCUT2D eigenvalue weighted by molar-refractivity contribution is 0.223. The van der Waals surface area contributed by atoms with Crippen LogP contribution in [0.5, 0.6) is 5.75 Å². The highest BCUT2D eigenvalue weighted by Gasteiger charge is 1.92. The Morgan fingerprint density at radius 1 is 1.13 bits per heavy atom. The fraction of sp³-hybridized carbons (Fsp3) is 0.500. The van der Waals surface area contributed by atoms with Gasteiger partial charge in [0.25, 0.3) is 0 Å². The van der Waals surface area contributed by atoms with Gasteiger partial charge in [0.15, 0.2) is 9.76 Å². The summed E-state index contributed by atoms with van der Waals surface area (Å²) in [5, 5.41) is 0. The van der Waals surface area contributed by atoms with E-state index in [9.17, 15) is 0 Å². The number of hydrogen-bond donors (Lipinski definition) is 0. The molecule has 1 rings (SSSR count). The third-order valence-corrected chi connectivity index (χ3v) is 3.50. The van der Waals surface area contributed by atoms with Crippen LogP contribution in [-0.2, 0) is 4.43 Å². The van der Waals surface area contributed by atoms with E-state index in [0.29, 0.717) is 6.61 Å². The maximum atomic E-state index is 5.57. The van der Waals surface area contributed by atoms with Crippen LogP contribution in [0.3, 0.4) is 0 Å². The SMILES string of the molecule is CCCC[SiH2]OCCOc1ccccc1. The predicted molar refractivity (Wildman–Crippen MR) is 66.1 cm³/mol. The standard InChI is InChI=1S/C12H20O2Si/c1-2-3-11-15-14-10-9-13-12-7-5-4-6-8-12/h4-8H,2-3,9-11,15H2,1H3. The van der Waals surface area contributed by atoms with Gasteiger partial charge >= 0.3 is 0 Å². The van der Waals surface area contributed by atoms with E-state index in [0.717, 1.165) is 12.4 Å². The number of para-hydroxylation sites is 1. The van der Waals surface area contributed by atoms with Crippen LogP contribution in [0, 0.1) is 0 Å². The van der Waals surface area contributed by atoms with E-state index in [1.165, 1.54) is 18.9 Å². The minimum Gasteiger partial charge on any atom is -0.491 e. The summed E-state index contributed by atoms with van der Waals surface area (Å²) in [7, 11) is -0.280. The van der Waals surface area contributed by atoms with Gasteiger partial charge in [-0.2, -0.15) is 0 Å². The Morgan fingerprint density at radius 2 is 1.93 bits per heavy atom. The first-order valence-electron chi connectivity index (χ1n) is 5.69. The second-order valence-corrected chi connectivity index (χ2v) is 5.00. The summed E-state index contributed by atoms with van der Waals surface area (Å²) in [6.45, 7) is 3.63. The summed E-state index contributed by atoms with van der Waals surface area (Å²) in [5.74, 6) is 0.927. The van der Waals surface area contributed by atoms with E-state index in [2.05, 4.69) is 6.92 Å². The Balaban J connectivity index is 1.93. The molecule has 0 amide bonds. The molecule has 1 aromatic rings. The van der Waals surface area contributed by atoms with E-state index in [4.69, 9.17) is 9.16 Å². The summed E-state index contributed by atoms with van der Waals surface area (Å²) in [4.78, 5) is 0. The quantitative estimate of drug-likeness (QED) is 0.498. The number of ether oxygens (including phenoxy) is 1. The number of rotatable bonds is 8. The fourth-order valence-corrected chi connectivity index (χ4v) is 2.52. The van der Waals surface area contributed by atoms with Crippen molar-refractivity contribution in [2.24, 2.45) is 0 Å². The van der Waals surface area contributed by atoms with Crippen molar-refractivity contribution in [2.75, 3.05) is 13.2 Å². The van der Waals surface area contributed by atoms with Crippen LogP contribution in [0.25, 0.3) is 0 Å². The zero-order valence-corrected chi connectivity index (χ0v) is 10.9. The van der Waals surface area contributed by atoms with Crippen molar-refractivity contribution in [1.29, 1.82) is 0 Å². The molecule has 0 aliphatic rings. The summed E-state index contributed by atoms with van der Waals surface area (Å²) >= 11 is 0. The second-order valence-electron chi connectivity index (χ2n) is 3.48. The molecule has 2 nitrogen and oxygen atoms in total. The molecule has 1 aromatic carbocycles. The van der Waals surface area contributed by atoms with Gasteiger partial charge in [-0.05, 0) is 18.2 Å². The van der Waals surface area contributed by atoms with E-state index >= 15 is 0 Å². The van der Waals surface area contributed by atoms with Gasteiger partial charge in [-0.1, -0.05) is 38.0 Å². The Kier molecular flexibility index (Phi) is 6.95. The van der Waals surface area contributed by atoms with E-state index in [1.807, 2.05) is 30.3 Å². The lowest BCUT2D eigenvalue weighted by Gasteiger charge is -2.06. The van der Waals surface area contributed by atoms with Crippen LogP contribution in [0.2, 0.25) is 6.04 Å². The summed E-state index contributed by atoms with van der Waals surface area (Å²) in [5.41, 5.74) is 0. The monoisotopic (exact) mass is 224 g/mol. The van der Waals surface area contributed by atoms with Gasteiger partial charge in [-0.3, -0.25) is 0 Å². The molecule has 84 valence electrons. The van der Waals surface area contributed by atoms with Crippen LogP contribution < -0.4 is 4.74 Å². The molecule has 0 aromatic heterocycles. The maximum Gasteiger partial charge on any atom is 0.161 e. The first kappa shape index (κ1) is 12.3. The zero-order valence-electron chi connectivity index (χ0n) is 9.45. The topological polar surface area (TPSA) is 18.5 Å². The molecule has 0 unspecified atom stereocenters. The molecule has 0 saturated carbocycles. The van der Waals surface area contributed by atoms with Crippen molar-refractivity contribution in [3.8, 4) is 5.75 Å². The minimum atomic E-state index is -0.280. The van der Waals surface area contributed by atoms with Crippen molar-refractivity contribution < 1.29 is 9.16 Å². The van der Waals surface area contributed by atoms with Gasteiger partial charge in [0.2, 0.25) is 0 Å². The van der Waals surface area contributed by atoms with Gasteiger partial charge in [-0.25, -0.2) is 0 Å². The average Bonchev–Trinajstić information content (AvgIpc) is 2.29. The largest absolute Gasteiger partial charge is 0.491 e. The lowest BCUT2D eigenvalue weighted by atomic mass is 10.3. The molecule has 0 bridgehead atoms. The van der Waals surface area contributed by atoms with Crippen molar-refractivity contribution >= 4 is 9.76 Å². The Bertz CT molecular complexity index is 239. The van der Waals surface area contributed by atoms with Gasteiger partial charge in [0.1, 0.15) is 12.4 Å². The van der Waals surface area contributed by atoms with Crippen molar-refractivity contribution in [2.45, 2.75) is 25.8 Å². The molecule has 0 N–H and O–H groups in total. The maximum absolute atomic E-state index is 5.57. The van der Waals surface area contributed by atoms with Crippen LogP contribution in [-0.4, -0.2) is 23.0 Å². The molecule has 0 heterocycles. The zero-order chi connectivity index (χ0) is 10.8. The molecule has 0 fully saturated rings. The first-order chi connectivity index (χ1) is 7.43. The second kappa shape index (κ2) is 8.50. The number of hydrogen-bond acceptors (Lipinski definition) is 2. The van der Waals surface area contributed by atoms with Gasteiger partial charge in [0, 0.05) is 0 Å². The Morgan fingerprint density at radius 3 is 2.67 bits per heavy atom. The summed E-state index contributed by atoms with van der Waals surface area (Å²) < 4.78 is 11.1. The Hall–Kier alpha value is -0.803. The van der Waals surface area contributed by atoms with Crippen molar-refractivity contribution in [3.05, 3.63) is 30.3 Å². The van der Waals surface area contributed by atoms with Gasteiger partial charge < -0.3 is 9.16 Å². The summed E-state index contributed by atoms with van der Waals surface area (Å²) in [6.07, 6.45) is 2.59. The molecule has 0 radical (unpaired) electrons. The highest BCUT2D eigenvalue weighted by Crippen LogP contribution is 2.07. The number of unbranched alkanes of at least 4 members (excludes halogenated alkanes) is 1. The van der Waals surface area contributed by atoms with Crippen LogP contribution in [0.1, 0.15) is 19.8 Å². The molecular weight excluding hydrogens is 204 g/mol.